The van der Waals surface area contributed by atoms with Crippen molar-refractivity contribution in [3.63, 3.8) is 0 Å². The van der Waals surface area contributed by atoms with E-state index in [0.29, 0.717) is 16.7 Å². The summed E-state index contributed by atoms with van der Waals surface area (Å²) in [6, 6.07) is 15.3. The van der Waals surface area contributed by atoms with E-state index in [-0.39, 0.29) is 18.9 Å². The maximum atomic E-state index is 12.0. The molecule has 0 bridgehead atoms. The van der Waals surface area contributed by atoms with Gasteiger partial charge in [0.1, 0.15) is 6.61 Å². The SMILES string of the molecule is O=S(=O)(Cc1ccccc1)NCc1ccc(COCC(F)(F)F)cc1. The van der Waals surface area contributed by atoms with Crippen LogP contribution in [0.5, 0.6) is 0 Å². The van der Waals surface area contributed by atoms with Gasteiger partial charge in [-0.3, -0.25) is 0 Å². The van der Waals surface area contributed by atoms with E-state index >= 15 is 0 Å². The third-order valence-electron chi connectivity index (χ3n) is 3.25. The number of nitrogens with one attached hydrogen (secondary N) is 1. The molecule has 0 saturated carbocycles. The zero-order chi connectivity index (χ0) is 18.3. The second kappa shape index (κ2) is 8.46. The average molecular weight is 373 g/mol. The summed E-state index contributed by atoms with van der Waals surface area (Å²) in [5, 5.41) is 0. The van der Waals surface area contributed by atoms with Crippen molar-refractivity contribution in [2.45, 2.75) is 25.1 Å². The first kappa shape index (κ1) is 19.4. The summed E-state index contributed by atoms with van der Waals surface area (Å²) in [5.74, 6) is -0.114. The number of alkyl halides is 3. The fourth-order valence-electron chi connectivity index (χ4n) is 2.08. The summed E-state index contributed by atoms with van der Waals surface area (Å²) in [6.07, 6.45) is -4.35. The molecule has 136 valence electrons. The van der Waals surface area contributed by atoms with Crippen molar-refractivity contribution < 1.29 is 26.3 Å². The first-order valence-electron chi connectivity index (χ1n) is 7.47. The van der Waals surface area contributed by atoms with Crippen LogP contribution in [0, 0.1) is 0 Å². The summed E-state index contributed by atoms with van der Waals surface area (Å²) >= 11 is 0. The molecule has 25 heavy (non-hydrogen) atoms. The Bertz CT molecular complexity index is 760. The Morgan fingerprint density at radius 1 is 0.880 bits per heavy atom. The summed E-state index contributed by atoms with van der Waals surface area (Å²) in [6.45, 7) is -1.34. The third-order valence-corrected chi connectivity index (χ3v) is 4.55. The number of halogens is 3. The maximum Gasteiger partial charge on any atom is 0.411 e. The van der Waals surface area contributed by atoms with Crippen LogP contribution in [0.2, 0.25) is 0 Å². The van der Waals surface area contributed by atoms with E-state index in [1.165, 1.54) is 0 Å². The standard InChI is InChI=1S/C17H18F3NO3S/c18-17(19,20)13-24-11-15-8-6-14(7-9-15)10-21-25(22,23)12-16-4-2-1-3-5-16/h1-9,21H,10-13H2. The van der Waals surface area contributed by atoms with Gasteiger partial charge in [0.25, 0.3) is 0 Å². The molecule has 0 saturated heterocycles. The Morgan fingerprint density at radius 2 is 1.48 bits per heavy atom. The number of rotatable bonds is 8. The number of hydrogen-bond acceptors (Lipinski definition) is 3. The van der Waals surface area contributed by atoms with E-state index in [0.717, 1.165) is 0 Å². The molecule has 0 radical (unpaired) electrons. The van der Waals surface area contributed by atoms with Crippen molar-refractivity contribution in [1.82, 2.24) is 4.72 Å². The molecule has 0 aliphatic heterocycles. The Morgan fingerprint density at radius 3 is 2.08 bits per heavy atom. The Hall–Kier alpha value is -1.90. The van der Waals surface area contributed by atoms with Gasteiger partial charge < -0.3 is 4.74 Å². The van der Waals surface area contributed by atoms with E-state index in [1.807, 2.05) is 6.07 Å². The molecular formula is C17H18F3NO3S. The maximum absolute atomic E-state index is 12.0. The molecule has 2 aromatic rings. The fourth-order valence-corrected chi connectivity index (χ4v) is 3.20. The van der Waals surface area contributed by atoms with Crippen molar-refractivity contribution in [3.05, 3.63) is 71.3 Å². The highest BCUT2D eigenvalue weighted by Gasteiger charge is 2.27. The highest BCUT2D eigenvalue weighted by molar-refractivity contribution is 7.88. The van der Waals surface area contributed by atoms with Gasteiger partial charge in [-0.05, 0) is 16.7 Å². The van der Waals surface area contributed by atoms with Gasteiger partial charge in [0, 0.05) is 6.54 Å². The Kier molecular flexibility index (Phi) is 6.57. The van der Waals surface area contributed by atoms with Gasteiger partial charge >= 0.3 is 6.18 Å². The quantitative estimate of drug-likeness (QED) is 0.772. The first-order chi connectivity index (χ1) is 11.7. The highest BCUT2D eigenvalue weighted by Crippen LogP contribution is 2.16. The molecule has 0 fully saturated rings. The minimum absolute atomic E-state index is 0.110. The van der Waals surface area contributed by atoms with E-state index in [4.69, 9.17) is 0 Å². The predicted molar refractivity (Wildman–Crippen MR) is 88.1 cm³/mol. The van der Waals surface area contributed by atoms with Gasteiger partial charge in [-0.2, -0.15) is 13.2 Å². The predicted octanol–water partition coefficient (Wildman–Crippen LogP) is 3.39. The summed E-state index contributed by atoms with van der Waals surface area (Å²) in [4.78, 5) is 0. The zero-order valence-electron chi connectivity index (χ0n) is 13.3. The molecule has 0 amide bonds. The third kappa shape index (κ3) is 7.68. The van der Waals surface area contributed by atoms with Crippen molar-refractivity contribution in [1.29, 1.82) is 0 Å². The first-order valence-corrected chi connectivity index (χ1v) is 9.12. The molecular weight excluding hydrogens is 355 g/mol. The second-order valence-corrected chi connectivity index (χ2v) is 7.30. The molecule has 2 aromatic carbocycles. The van der Waals surface area contributed by atoms with Crippen molar-refractivity contribution in [2.75, 3.05) is 6.61 Å². The van der Waals surface area contributed by atoms with Crippen LogP contribution in [-0.4, -0.2) is 21.2 Å². The summed E-state index contributed by atoms with van der Waals surface area (Å²) < 4.78 is 67.1. The number of ether oxygens (including phenoxy) is 1. The molecule has 8 heteroatoms. The van der Waals surface area contributed by atoms with Crippen LogP contribution in [0.25, 0.3) is 0 Å². The van der Waals surface area contributed by atoms with Gasteiger partial charge in [0.2, 0.25) is 10.0 Å². The lowest BCUT2D eigenvalue weighted by atomic mass is 10.1. The topological polar surface area (TPSA) is 55.4 Å². The minimum atomic E-state index is -4.35. The van der Waals surface area contributed by atoms with E-state index in [2.05, 4.69) is 9.46 Å². The van der Waals surface area contributed by atoms with Gasteiger partial charge in [-0.1, -0.05) is 54.6 Å². The van der Waals surface area contributed by atoms with Gasteiger partial charge in [0.15, 0.2) is 0 Å². The molecule has 0 aromatic heterocycles. The van der Waals surface area contributed by atoms with Crippen LogP contribution in [-0.2, 0) is 33.7 Å². The highest BCUT2D eigenvalue weighted by atomic mass is 32.2. The van der Waals surface area contributed by atoms with Crippen molar-refractivity contribution in [3.8, 4) is 0 Å². The van der Waals surface area contributed by atoms with Crippen LogP contribution in [0.15, 0.2) is 54.6 Å². The molecule has 4 nitrogen and oxygen atoms in total. The zero-order valence-corrected chi connectivity index (χ0v) is 14.1. The molecule has 0 unspecified atom stereocenters. The van der Waals surface area contributed by atoms with Crippen molar-refractivity contribution in [2.24, 2.45) is 0 Å². The van der Waals surface area contributed by atoms with E-state index in [9.17, 15) is 21.6 Å². The molecule has 0 spiro atoms. The van der Waals surface area contributed by atoms with Crippen LogP contribution < -0.4 is 4.72 Å². The average Bonchev–Trinajstić information content (AvgIpc) is 2.54. The fraction of sp³-hybridized carbons (Fsp3) is 0.294. The smallest absolute Gasteiger partial charge is 0.367 e. The van der Waals surface area contributed by atoms with Crippen LogP contribution in [0.3, 0.4) is 0 Å². The van der Waals surface area contributed by atoms with E-state index in [1.54, 1.807) is 48.5 Å². The second-order valence-electron chi connectivity index (χ2n) is 5.49. The molecule has 0 atom stereocenters. The van der Waals surface area contributed by atoms with Gasteiger partial charge in [-0.15, -0.1) is 0 Å². The monoisotopic (exact) mass is 373 g/mol. The largest absolute Gasteiger partial charge is 0.411 e. The lowest BCUT2D eigenvalue weighted by molar-refractivity contribution is -0.176. The van der Waals surface area contributed by atoms with E-state index < -0.39 is 22.8 Å². The number of hydrogen-bond donors (Lipinski definition) is 1. The molecule has 0 aliphatic carbocycles. The van der Waals surface area contributed by atoms with Crippen LogP contribution in [0.1, 0.15) is 16.7 Å². The minimum Gasteiger partial charge on any atom is -0.367 e. The van der Waals surface area contributed by atoms with Crippen LogP contribution in [0.4, 0.5) is 13.2 Å². The van der Waals surface area contributed by atoms with Gasteiger partial charge in [0.05, 0.1) is 12.4 Å². The Labute approximate surface area is 144 Å². The molecule has 0 heterocycles. The summed E-state index contributed by atoms with van der Waals surface area (Å²) in [5.41, 5.74) is 1.98. The normalized spacial score (nSPS) is 12.3. The summed E-state index contributed by atoms with van der Waals surface area (Å²) in [7, 11) is -3.47. The van der Waals surface area contributed by atoms with Crippen LogP contribution >= 0.6 is 0 Å². The molecule has 1 N–H and O–H groups in total. The number of sulfonamides is 1. The Balaban J connectivity index is 1.82. The molecule has 0 aliphatic rings. The lowest BCUT2D eigenvalue weighted by Crippen LogP contribution is -2.24. The van der Waals surface area contributed by atoms with Crippen molar-refractivity contribution >= 4 is 10.0 Å². The molecule has 2 rings (SSSR count). The number of benzene rings is 2. The lowest BCUT2D eigenvalue weighted by Gasteiger charge is -2.09. The van der Waals surface area contributed by atoms with Gasteiger partial charge in [-0.25, -0.2) is 13.1 Å².